The van der Waals surface area contributed by atoms with Crippen molar-refractivity contribution < 1.29 is 9.59 Å². The van der Waals surface area contributed by atoms with Gasteiger partial charge in [0.1, 0.15) is 6.04 Å². The lowest BCUT2D eigenvalue weighted by Crippen LogP contribution is -2.50. The largest absolute Gasteiger partial charge is 0.347 e. The predicted molar refractivity (Wildman–Crippen MR) is 91.0 cm³/mol. The van der Waals surface area contributed by atoms with Crippen molar-refractivity contribution in [1.82, 2.24) is 10.2 Å². The first-order valence-corrected chi connectivity index (χ1v) is 9.41. The second-order valence-corrected chi connectivity index (χ2v) is 8.42. The van der Waals surface area contributed by atoms with Crippen molar-refractivity contribution in [3.05, 3.63) is 35.4 Å². The number of aryl methyl sites for hydroxylation is 1. The maximum atomic E-state index is 12.8. The van der Waals surface area contributed by atoms with E-state index in [0.717, 1.165) is 25.7 Å². The summed E-state index contributed by atoms with van der Waals surface area (Å²) in [4.78, 5) is 26.7. The molecule has 1 aromatic rings. The van der Waals surface area contributed by atoms with Crippen LogP contribution in [0.3, 0.4) is 0 Å². The number of carbonyl (C=O) groups excluding carboxylic acids is 2. The summed E-state index contributed by atoms with van der Waals surface area (Å²) in [6.07, 6.45) is 4.59. The van der Waals surface area contributed by atoms with Crippen molar-refractivity contribution in [3.8, 4) is 0 Å². The number of amides is 2. The Bertz CT molecular complexity index is 662. The molecule has 1 N–H and O–H groups in total. The number of thioether (sulfide) groups is 1. The first kappa shape index (κ1) is 15.1. The van der Waals surface area contributed by atoms with Gasteiger partial charge < -0.3 is 10.2 Å². The Morgan fingerprint density at radius 2 is 2.17 bits per heavy atom. The highest BCUT2D eigenvalue weighted by Crippen LogP contribution is 2.47. The first-order valence-electron chi connectivity index (χ1n) is 8.43. The van der Waals surface area contributed by atoms with Gasteiger partial charge in [0.05, 0.1) is 10.9 Å². The highest BCUT2D eigenvalue weighted by molar-refractivity contribution is 8.01. The summed E-state index contributed by atoms with van der Waals surface area (Å²) < 4.78 is 0. The molecule has 5 heteroatoms. The molecule has 3 atom stereocenters. The molecular formula is C18H22N2O2S. The van der Waals surface area contributed by atoms with E-state index in [4.69, 9.17) is 0 Å². The number of fused-ring (bicyclic) bond motifs is 2. The topological polar surface area (TPSA) is 49.4 Å². The molecule has 1 aliphatic carbocycles. The van der Waals surface area contributed by atoms with Crippen LogP contribution in [0.5, 0.6) is 0 Å². The monoisotopic (exact) mass is 330 g/mol. The summed E-state index contributed by atoms with van der Waals surface area (Å²) in [6.45, 7) is 2.09. The number of hydrogen-bond donors (Lipinski definition) is 1. The van der Waals surface area contributed by atoms with Crippen LogP contribution in [0.1, 0.15) is 49.8 Å². The first-order chi connectivity index (χ1) is 11.1. The number of rotatable bonds is 2. The maximum Gasteiger partial charge on any atom is 0.244 e. The van der Waals surface area contributed by atoms with Crippen LogP contribution in [0.15, 0.2) is 24.3 Å². The van der Waals surface area contributed by atoms with Crippen LogP contribution in [-0.4, -0.2) is 33.4 Å². The van der Waals surface area contributed by atoms with E-state index >= 15 is 0 Å². The highest BCUT2D eigenvalue weighted by Gasteiger charge is 2.53. The maximum absolute atomic E-state index is 12.8. The van der Waals surface area contributed by atoms with Crippen molar-refractivity contribution in [1.29, 1.82) is 0 Å². The minimum Gasteiger partial charge on any atom is -0.347 e. The van der Waals surface area contributed by atoms with Gasteiger partial charge in [0.15, 0.2) is 0 Å². The van der Waals surface area contributed by atoms with E-state index in [9.17, 15) is 9.59 Å². The van der Waals surface area contributed by atoms with Crippen LogP contribution in [0, 0.1) is 0 Å². The Balaban J connectivity index is 1.52. The van der Waals surface area contributed by atoms with Crippen molar-refractivity contribution in [2.45, 2.75) is 56.0 Å². The Morgan fingerprint density at radius 3 is 3.04 bits per heavy atom. The van der Waals surface area contributed by atoms with E-state index in [0.29, 0.717) is 12.2 Å². The second-order valence-electron chi connectivity index (χ2n) is 6.92. The van der Waals surface area contributed by atoms with Crippen LogP contribution in [0.25, 0.3) is 0 Å². The number of hydrogen-bond acceptors (Lipinski definition) is 3. The molecule has 2 aliphatic heterocycles. The molecule has 0 aromatic heterocycles. The molecule has 0 saturated carbocycles. The van der Waals surface area contributed by atoms with E-state index in [1.54, 1.807) is 11.8 Å². The van der Waals surface area contributed by atoms with Crippen LogP contribution >= 0.6 is 11.8 Å². The Hall–Kier alpha value is -1.49. The average Bonchev–Trinajstić information content (AvgIpc) is 3.04. The van der Waals surface area contributed by atoms with Crippen LogP contribution in [0.2, 0.25) is 0 Å². The lowest BCUT2D eigenvalue weighted by molar-refractivity contribution is -0.138. The van der Waals surface area contributed by atoms with Gasteiger partial charge in [0, 0.05) is 12.2 Å². The molecule has 2 saturated heterocycles. The van der Waals surface area contributed by atoms with Crippen LogP contribution in [0.4, 0.5) is 0 Å². The Labute approximate surface area is 141 Å². The molecule has 0 spiro atoms. The lowest BCUT2D eigenvalue weighted by Gasteiger charge is -2.32. The third-order valence-electron chi connectivity index (χ3n) is 5.43. The molecule has 3 aliphatic rings. The molecule has 4 rings (SSSR count). The van der Waals surface area contributed by atoms with Crippen molar-refractivity contribution in [2.24, 2.45) is 0 Å². The molecule has 4 nitrogen and oxygen atoms in total. The fraction of sp³-hybridized carbons (Fsp3) is 0.556. The van der Waals surface area contributed by atoms with Crippen LogP contribution < -0.4 is 5.32 Å². The predicted octanol–water partition coefficient (Wildman–Crippen LogP) is 2.63. The zero-order valence-corrected chi connectivity index (χ0v) is 14.2. The van der Waals surface area contributed by atoms with E-state index < -0.39 is 0 Å². The standard InChI is InChI=1S/C18H22N2O2S/c1-18-10-9-16(21)20(18)15(11-23-18)17(22)19-14-8-4-6-12-5-2-3-7-13(12)14/h2-3,5,7,14-15H,4,6,8-11H2,1H3,(H,19,22)/t14-,15+,18-/m1/s1. The third-order valence-corrected chi connectivity index (χ3v) is 6.94. The molecular weight excluding hydrogens is 308 g/mol. The second kappa shape index (κ2) is 5.55. The summed E-state index contributed by atoms with van der Waals surface area (Å²) in [5.41, 5.74) is 2.58. The number of nitrogens with zero attached hydrogens (tertiary/aromatic N) is 1. The number of nitrogens with one attached hydrogen (secondary N) is 1. The third kappa shape index (κ3) is 2.45. The van der Waals surface area contributed by atoms with Crippen molar-refractivity contribution >= 4 is 23.6 Å². The van der Waals surface area contributed by atoms with Gasteiger partial charge in [-0.1, -0.05) is 24.3 Å². The minimum absolute atomic E-state index is 0.0122. The van der Waals surface area contributed by atoms with E-state index in [1.807, 2.05) is 11.0 Å². The molecule has 122 valence electrons. The summed E-state index contributed by atoms with van der Waals surface area (Å²) in [5, 5.41) is 3.22. The lowest BCUT2D eigenvalue weighted by atomic mass is 9.87. The van der Waals surface area contributed by atoms with Gasteiger partial charge in [-0.15, -0.1) is 11.8 Å². The molecule has 2 fully saturated rings. The summed E-state index contributed by atoms with van der Waals surface area (Å²) >= 11 is 1.75. The van der Waals surface area contributed by atoms with E-state index in [2.05, 4.69) is 30.4 Å². The quantitative estimate of drug-likeness (QED) is 0.907. The van der Waals surface area contributed by atoms with Gasteiger partial charge in [-0.3, -0.25) is 9.59 Å². The zero-order chi connectivity index (χ0) is 16.0. The summed E-state index contributed by atoms with van der Waals surface area (Å²) in [7, 11) is 0. The molecule has 1 aromatic carbocycles. The summed E-state index contributed by atoms with van der Waals surface area (Å²) in [6, 6.07) is 8.14. The SMILES string of the molecule is C[C@@]12CCC(=O)N1[C@H](C(=O)N[C@@H]1CCCc3ccccc31)CS2. The molecule has 2 amide bonds. The molecule has 0 bridgehead atoms. The van der Waals surface area contributed by atoms with E-state index in [-0.39, 0.29) is 28.8 Å². The van der Waals surface area contributed by atoms with Gasteiger partial charge in [-0.05, 0) is 43.7 Å². The van der Waals surface area contributed by atoms with Gasteiger partial charge in [0.2, 0.25) is 11.8 Å². The van der Waals surface area contributed by atoms with Gasteiger partial charge in [-0.2, -0.15) is 0 Å². The van der Waals surface area contributed by atoms with Gasteiger partial charge >= 0.3 is 0 Å². The molecule has 0 radical (unpaired) electrons. The highest BCUT2D eigenvalue weighted by atomic mass is 32.2. The van der Waals surface area contributed by atoms with Crippen molar-refractivity contribution in [3.63, 3.8) is 0 Å². The van der Waals surface area contributed by atoms with Crippen molar-refractivity contribution in [2.75, 3.05) is 5.75 Å². The fourth-order valence-corrected chi connectivity index (χ4v) is 5.62. The van der Waals surface area contributed by atoms with Gasteiger partial charge in [0.25, 0.3) is 0 Å². The Morgan fingerprint density at radius 1 is 1.35 bits per heavy atom. The Kier molecular flexibility index (Phi) is 3.63. The van der Waals surface area contributed by atoms with Gasteiger partial charge in [-0.25, -0.2) is 0 Å². The zero-order valence-electron chi connectivity index (χ0n) is 13.4. The number of benzene rings is 1. The molecule has 0 unspecified atom stereocenters. The fourth-order valence-electron chi connectivity index (χ4n) is 4.19. The molecule has 2 heterocycles. The molecule has 23 heavy (non-hydrogen) atoms. The van der Waals surface area contributed by atoms with E-state index in [1.165, 1.54) is 11.1 Å². The minimum atomic E-state index is -0.311. The average molecular weight is 330 g/mol. The normalized spacial score (nSPS) is 32.6. The van der Waals surface area contributed by atoms with Crippen LogP contribution in [-0.2, 0) is 16.0 Å². The summed E-state index contributed by atoms with van der Waals surface area (Å²) in [5.74, 6) is 0.850. The smallest absolute Gasteiger partial charge is 0.244 e. The number of carbonyl (C=O) groups is 2.